The Kier molecular flexibility index (Phi) is 19.1. The summed E-state index contributed by atoms with van der Waals surface area (Å²) in [6.07, 6.45) is 15.6. The number of carbonyl (C=O) groups is 3. The van der Waals surface area contributed by atoms with Crippen molar-refractivity contribution in [2.24, 2.45) is 0 Å². The number of carbonyl (C=O) groups excluding carboxylic acids is 3. The maximum atomic E-state index is 13.8. The van der Waals surface area contributed by atoms with Crippen LogP contribution >= 0.6 is 24.1 Å². The fraction of sp³-hybridized carbons (Fsp3) is 0.455. The van der Waals surface area contributed by atoms with Crippen LogP contribution in [0.1, 0.15) is 90.2 Å². The van der Waals surface area contributed by atoms with Crippen molar-refractivity contribution in [2.75, 3.05) is 43.1 Å². The van der Waals surface area contributed by atoms with Gasteiger partial charge in [-0.25, -0.2) is 28.0 Å². The lowest BCUT2D eigenvalue weighted by atomic mass is 9.81. The number of unbranched alkanes of at least 4 members (excludes halogenated alkanes) is 2. The summed E-state index contributed by atoms with van der Waals surface area (Å²) in [5.41, 5.74) is 4.35. The minimum atomic E-state index is -4.09. The summed E-state index contributed by atoms with van der Waals surface area (Å²) in [5, 5.41) is 25.1. The number of sulfonamides is 1. The van der Waals surface area contributed by atoms with Crippen LogP contribution in [0, 0.1) is 0 Å². The third-order valence-electron chi connectivity index (χ3n) is 11.6. The number of hydrogen-bond acceptors (Lipinski definition) is 17. The SMILES string of the molecule is CN(CCCC(=O)ON1C(=O)CCC1=O)S(=O)(=O)c1ccc2c(c1)C(C)(C)\C(=C/C=C/C=C/C=C/C1=[N+](CCCCS(=O)(=O)O)c3ccc(SOOO)cc3C1(C)C)N2CCCCSOOO. The van der Waals surface area contributed by atoms with Gasteiger partial charge in [0.1, 0.15) is 6.54 Å². The second kappa shape index (κ2) is 23.9. The first kappa shape index (κ1) is 53.7. The van der Waals surface area contributed by atoms with E-state index in [-0.39, 0.29) is 49.3 Å². The van der Waals surface area contributed by atoms with E-state index in [0.29, 0.717) is 35.2 Å². The molecule has 19 nitrogen and oxygen atoms in total. The van der Waals surface area contributed by atoms with Crippen molar-refractivity contribution >= 4 is 79.1 Å². The smallest absolute Gasteiger partial charge is 0.333 e. The van der Waals surface area contributed by atoms with E-state index in [4.69, 9.17) is 15.4 Å². The second-order valence-corrected chi connectivity index (χ2v) is 22.0. The van der Waals surface area contributed by atoms with E-state index in [0.717, 1.165) is 75.1 Å². The molecule has 0 spiro atoms. The summed E-state index contributed by atoms with van der Waals surface area (Å²) >= 11 is 1.83. The van der Waals surface area contributed by atoms with Crippen molar-refractivity contribution in [1.29, 1.82) is 0 Å². The average molecular weight is 1010 g/mol. The van der Waals surface area contributed by atoms with Crippen molar-refractivity contribution in [3.8, 4) is 0 Å². The molecule has 3 N–H and O–H groups in total. The topological polar surface area (TPSA) is 239 Å². The molecule has 2 aromatic rings. The molecule has 2 aromatic carbocycles. The predicted octanol–water partition coefficient (Wildman–Crippen LogP) is 7.37. The van der Waals surface area contributed by atoms with Gasteiger partial charge < -0.3 is 9.74 Å². The van der Waals surface area contributed by atoms with E-state index in [1.54, 1.807) is 18.2 Å². The lowest BCUT2D eigenvalue weighted by molar-refractivity contribution is -0.438. The first-order valence-corrected chi connectivity index (χ1v) is 26.1. The number of hydrogen-bond donors (Lipinski definition) is 3. The van der Waals surface area contributed by atoms with Crippen LogP contribution in [0.3, 0.4) is 0 Å². The van der Waals surface area contributed by atoms with Gasteiger partial charge in [-0.3, -0.25) is 14.1 Å². The van der Waals surface area contributed by atoms with Crippen LogP contribution in [0.15, 0.2) is 94.4 Å². The van der Waals surface area contributed by atoms with Crippen LogP contribution in [0.4, 0.5) is 11.4 Å². The first-order chi connectivity index (χ1) is 31.7. The molecule has 3 heterocycles. The van der Waals surface area contributed by atoms with E-state index in [2.05, 4.69) is 42.1 Å². The van der Waals surface area contributed by atoms with E-state index in [9.17, 15) is 35.8 Å². The van der Waals surface area contributed by atoms with Gasteiger partial charge in [-0.1, -0.05) is 54.3 Å². The van der Waals surface area contributed by atoms with Gasteiger partial charge in [0.15, 0.2) is 5.71 Å². The number of hydroxylamine groups is 2. The summed E-state index contributed by atoms with van der Waals surface area (Å²) in [5.74, 6) is -1.77. The van der Waals surface area contributed by atoms with Gasteiger partial charge in [-0.15, -0.1) is 13.7 Å². The number of allylic oxidation sites excluding steroid dienone is 8. The molecule has 0 unspecified atom stereocenters. The summed E-state index contributed by atoms with van der Waals surface area (Å²) in [6, 6.07) is 10.7. The highest BCUT2D eigenvalue weighted by atomic mass is 32.2. The molecular weight excluding hydrogens is 953 g/mol. The zero-order chi connectivity index (χ0) is 49.0. The first-order valence-electron chi connectivity index (χ1n) is 21.4. The number of fused-ring (bicyclic) bond motifs is 2. The van der Waals surface area contributed by atoms with E-state index in [1.165, 1.54) is 7.05 Å². The Balaban J connectivity index is 1.33. The number of rotatable bonds is 26. The molecule has 366 valence electrons. The maximum Gasteiger partial charge on any atom is 0.333 e. The van der Waals surface area contributed by atoms with Gasteiger partial charge in [0.25, 0.3) is 21.9 Å². The molecule has 3 aliphatic heterocycles. The highest BCUT2D eigenvalue weighted by molar-refractivity contribution is 7.94. The second-order valence-electron chi connectivity index (χ2n) is 16.8. The molecule has 0 aliphatic carbocycles. The van der Waals surface area contributed by atoms with E-state index >= 15 is 0 Å². The maximum absolute atomic E-state index is 13.8. The zero-order valence-corrected chi connectivity index (χ0v) is 41.1. The number of benzene rings is 2. The van der Waals surface area contributed by atoms with Crippen LogP contribution < -0.4 is 4.90 Å². The lowest BCUT2D eigenvalue weighted by Crippen LogP contribution is -2.32. The molecule has 1 saturated heterocycles. The van der Waals surface area contributed by atoms with Gasteiger partial charge in [-0.05, 0) is 81.5 Å². The Labute approximate surface area is 399 Å². The van der Waals surface area contributed by atoms with Crippen molar-refractivity contribution in [3.63, 3.8) is 0 Å². The molecule has 2 amide bonds. The summed E-state index contributed by atoms with van der Waals surface area (Å²) in [4.78, 5) is 43.8. The third kappa shape index (κ3) is 13.7. The average Bonchev–Trinajstić information content (AvgIpc) is 3.78. The quantitative estimate of drug-likeness (QED) is 0.0122. The zero-order valence-electron chi connectivity index (χ0n) is 37.9. The Morgan fingerprint density at radius 1 is 0.851 bits per heavy atom. The Morgan fingerprint density at radius 2 is 1.55 bits per heavy atom. The molecular formula is C44H57N4O15S4+. The van der Waals surface area contributed by atoms with Gasteiger partial charge in [0.05, 0.1) is 28.1 Å². The van der Waals surface area contributed by atoms with Crippen molar-refractivity contribution in [1.82, 2.24) is 9.37 Å². The summed E-state index contributed by atoms with van der Waals surface area (Å²) in [6.45, 7) is 9.27. The van der Waals surface area contributed by atoms with E-state index in [1.807, 2.05) is 74.6 Å². The normalized spacial score (nSPS) is 17.7. The number of anilines is 1. The van der Waals surface area contributed by atoms with Gasteiger partial charge in [0, 0.05) is 103 Å². The number of nitrogens with zero attached hydrogens (tertiary/aromatic N) is 4. The van der Waals surface area contributed by atoms with Crippen LogP contribution in [0.2, 0.25) is 0 Å². The molecule has 0 aromatic heterocycles. The molecule has 0 radical (unpaired) electrons. The Bertz CT molecular complexity index is 2510. The highest BCUT2D eigenvalue weighted by Gasteiger charge is 2.45. The molecule has 67 heavy (non-hydrogen) atoms. The highest BCUT2D eigenvalue weighted by Crippen LogP contribution is 2.49. The van der Waals surface area contributed by atoms with Crippen molar-refractivity contribution in [3.05, 3.63) is 95.8 Å². The van der Waals surface area contributed by atoms with Crippen molar-refractivity contribution in [2.45, 2.75) is 99.7 Å². The fourth-order valence-electron chi connectivity index (χ4n) is 8.14. The molecule has 0 bridgehead atoms. The standard InChI is InChI=1S/C44H56N4O15S4/c1-43(2)34-30-32(65-63-61-53)19-21-36(34)47(27-12-14-29-66(54,55)56)38(43)16-9-7-6-8-10-17-39-44(3,4)35-31-33(20-22-37(35)46(39)26-11-13-28-64-62-60-52)67(57,58)45(5)25-15-18-42(51)59-48-40(49)23-24-41(48)50/h6-10,16-17,19-22,30-31H,11-15,18,23-29H2,1-5H3,(H2-,52,53,54,55,56)/p+1. The minimum Gasteiger partial charge on any atom is -0.344 e. The van der Waals surface area contributed by atoms with Gasteiger partial charge >= 0.3 is 5.97 Å². The largest absolute Gasteiger partial charge is 0.344 e. The number of amides is 2. The van der Waals surface area contributed by atoms with Crippen LogP contribution in [0.5, 0.6) is 0 Å². The third-order valence-corrected chi connectivity index (χ3v) is 15.4. The Morgan fingerprint density at radius 3 is 2.25 bits per heavy atom. The van der Waals surface area contributed by atoms with Crippen molar-refractivity contribution < 1.29 is 74.4 Å². The van der Waals surface area contributed by atoms with Crippen LogP contribution in [0.25, 0.3) is 0 Å². The van der Waals surface area contributed by atoms with E-state index < -0.39 is 48.8 Å². The van der Waals surface area contributed by atoms with Crippen LogP contribution in [-0.2, 0) is 68.9 Å². The molecule has 1 fully saturated rings. The van der Waals surface area contributed by atoms with Gasteiger partial charge in [0.2, 0.25) is 15.7 Å². The predicted molar refractivity (Wildman–Crippen MR) is 251 cm³/mol. The van der Waals surface area contributed by atoms with Crippen LogP contribution in [-0.4, -0.2) is 108 Å². The minimum absolute atomic E-state index is 0.0193. The molecule has 5 rings (SSSR count). The summed E-state index contributed by atoms with van der Waals surface area (Å²) < 4.78 is 72.2. The summed E-state index contributed by atoms with van der Waals surface area (Å²) in [7, 11) is -6.67. The molecule has 23 heteroatoms. The Hall–Kier alpha value is -4.24. The number of imide groups is 1. The fourth-order valence-corrected chi connectivity index (χ4v) is 10.8. The molecule has 0 saturated carbocycles. The molecule has 0 atom stereocenters. The molecule has 3 aliphatic rings. The monoisotopic (exact) mass is 1010 g/mol. The lowest BCUT2D eigenvalue weighted by Gasteiger charge is -2.27. The van der Waals surface area contributed by atoms with Gasteiger partial charge in [-0.2, -0.15) is 13.0 Å².